The second-order valence-electron chi connectivity index (χ2n) is 13.7. The summed E-state index contributed by atoms with van der Waals surface area (Å²) in [4.78, 5) is 98.7. The number of imide groups is 3. The molecular formula is C36H38B3I3N6O8P3-. The molecule has 0 aliphatic carbocycles. The summed E-state index contributed by atoms with van der Waals surface area (Å²) < 4.78 is 0.467. The van der Waals surface area contributed by atoms with E-state index in [0.717, 1.165) is 21.2 Å². The van der Waals surface area contributed by atoms with Gasteiger partial charge in [0.2, 0.25) is 11.8 Å². The van der Waals surface area contributed by atoms with Gasteiger partial charge in [0.1, 0.15) is 15.1 Å². The fourth-order valence-corrected chi connectivity index (χ4v) is 14.2. The van der Waals surface area contributed by atoms with Crippen molar-refractivity contribution in [3.63, 3.8) is 0 Å². The summed E-state index contributed by atoms with van der Waals surface area (Å²) in [6.07, 6.45) is -0.454. The average molecular weight is 1190 g/mol. The summed E-state index contributed by atoms with van der Waals surface area (Å²) in [7, 11) is 18.0. The van der Waals surface area contributed by atoms with Crippen LogP contribution in [0.2, 0.25) is 0 Å². The number of amides is 7. The maximum atomic E-state index is 14.0. The summed E-state index contributed by atoms with van der Waals surface area (Å²) in [5.74, 6) is -5.11. The molecule has 59 heavy (non-hydrogen) atoms. The molecule has 5 rings (SSSR count). The molecule has 7 amide bonds. The standard InChI is InChI=1S/C36H38B3I3N6O8P3/c1-20(27(16-42-57-37)26-13-33(53)48(35(26)55)24-10-8-23(9-11-24)44-22-6-4-3-5-7-22)25-12-31(51)46(34(25)54)18-43-17-45(30(50)14-28(21(2)49)58(38)40)19-47-32(52)15-29(36(47)56)59(39)41/h3-11,25-26,29,43-44,49,57H,12-19H2,1-2H3/q-1/b27-20-,28-21+. The van der Waals surface area contributed by atoms with Crippen molar-refractivity contribution in [1.29, 1.82) is 0 Å². The Balaban J connectivity index is 1.30. The van der Waals surface area contributed by atoms with E-state index in [-0.39, 0.29) is 56.8 Å². The zero-order chi connectivity index (χ0) is 43.1. The molecule has 6 unspecified atom stereocenters. The van der Waals surface area contributed by atoms with E-state index in [9.17, 15) is 38.7 Å². The summed E-state index contributed by atoms with van der Waals surface area (Å²) in [6, 6.07) is 16.5. The van der Waals surface area contributed by atoms with Crippen molar-refractivity contribution in [3.8, 4) is 0 Å². The molecule has 2 aromatic carbocycles. The van der Waals surface area contributed by atoms with Crippen molar-refractivity contribution in [2.24, 2.45) is 11.8 Å². The first kappa shape index (κ1) is 48.1. The average Bonchev–Trinajstić information content (AvgIpc) is 3.77. The van der Waals surface area contributed by atoms with Gasteiger partial charge in [0.25, 0.3) is 0 Å². The Hall–Kier alpha value is -1.96. The molecular weight excluding hydrogens is 1150 g/mol. The van der Waals surface area contributed by atoms with Crippen LogP contribution in [0.5, 0.6) is 0 Å². The van der Waals surface area contributed by atoms with Crippen LogP contribution in [-0.2, 0) is 33.6 Å². The van der Waals surface area contributed by atoms with Crippen molar-refractivity contribution >= 4 is 142 Å². The Kier molecular flexibility index (Phi) is 17.9. The van der Waals surface area contributed by atoms with Crippen molar-refractivity contribution in [2.75, 3.05) is 34.7 Å². The number of aliphatic hydroxyl groups excluding tert-OH is 1. The summed E-state index contributed by atoms with van der Waals surface area (Å²) in [5.41, 5.74) is -0.0528. The molecule has 306 valence electrons. The first-order chi connectivity index (χ1) is 28.0. The number of likely N-dealkylation sites (tertiary alicyclic amines) is 2. The molecule has 2 aromatic rings. The van der Waals surface area contributed by atoms with Crippen LogP contribution in [0.25, 0.3) is 0 Å². The second-order valence-corrected chi connectivity index (χ2v) is 28.1. The topological polar surface area (TPSA) is 177 Å². The van der Waals surface area contributed by atoms with Crippen molar-refractivity contribution in [3.05, 3.63) is 76.8 Å². The van der Waals surface area contributed by atoms with Gasteiger partial charge in [-0.2, -0.15) is 0 Å². The monoisotopic (exact) mass is 1190 g/mol. The van der Waals surface area contributed by atoms with Crippen LogP contribution >= 0.6 is 61.1 Å². The number of hydrogen-bond acceptors (Lipinski definition) is 10. The van der Waals surface area contributed by atoms with Gasteiger partial charge in [0, 0.05) is 11.7 Å². The molecule has 3 fully saturated rings. The molecule has 23 heteroatoms. The summed E-state index contributed by atoms with van der Waals surface area (Å²) in [6.45, 7) is 2.15. The van der Waals surface area contributed by atoms with Gasteiger partial charge in [-0.15, -0.1) is 0 Å². The molecule has 6 radical (unpaired) electrons. The maximum absolute atomic E-state index is 14.0. The van der Waals surface area contributed by atoms with Crippen LogP contribution < -0.4 is 36.2 Å². The third-order valence-corrected chi connectivity index (χ3v) is 19.4. The number of hydrogen-bond donors (Lipinski definition) is 3. The molecule has 3 aliphatic heterocycles. The van der Waals surface area contributed by atoms with Crippen LogP contribution in [0, 0.1) is 11.8 Å². The molecule has 0 spiro atoms. The number of halogens is 3. The molecule has 3 aliphatic rings. The predicted octanol–water partition coefficient (Wildman–Crippen LogP) is 2.20. The molecule has 3 heterocycles. The third kappa shape index (κ3) is 11.7. The van der Waals surface area contributed by atoms with Gasteiger partial charge in [-0.25, -0.2) is 0 Å². The number of benzene rings is 2. The van der Waals surface area contributed by atoms with Gasteiger partial charge in [0.15, 0.2) is 0 Å². The Morgan fingerprint density at radius 2 is 1.51 bits per heavy atom. The van der Waals surface area contributed by atoms with E-state index >= 15 is 0 Å². The molecule has 3 N–H and O–H groups in total. The number of anilines is 3. The number of para-hydroxylation sites is 1. The van der Waals surface area contributed by atoms with E-state index in [1.165, 1.54) is 16.7 Å². The van der Waals surface area contributed by atoms with E-state index < -0.39 is 91.1 Å². The predicted molar refractivity (Wildman–Crippen MR) is 247 cm³/mol. The summed E-state index contributed by atoms with van der Waals surface area (Å²) in [5, 5.41) is 16.7. The zero-order valence-corrected chi connectivity index (χ0v) is 41.2. The molecule has 6 atom stereocenters. The van der Waals surface area contributed by atoms with Crippen LogP contribution in [0.4, 0.5) is 17.1 Å². The van der Waals surface area contributed by atoms with Crippen LogP contribution in [0.15, 0.2) is 76.8 Å². The minimum atomic E-state index is -1.38. The molecule has 14 nitrogen and oxygen atoms in total. The van der Waals surface area contributed by atoms with Crippen LogP contribution in [-0.4, -0.2) is 114 Å². The van der Waals surface area contributed by atoms with E-state index in [2.05, 4.69) is 10.6 Å². The number of rotatable bonds is 18. The van der Waals surface area contributed by atoms with Crippen LogP contribution in [0.3, 0.4) is 0 Å². The Morgan fingerprint density at radius 3 is 2.10 bits per heavy atom. The summed E-state index contributed by atoms with van der Waals surface area (Å²) >= 11 is 3.26. The Morgan fingerprint density at radius 1 is 0.881 bits per heavy atom. The number of allylic oxidation sites excluding steroid dienone is 1. The van der Waals surface area contributed by atoms with Gasteiger partial charge in [0.05, 0.1) is 11.4 Å². The number of alkyl halides is 1. The van der Waals surface area contributed by atoms with Gasteiger partial charge >= 0.3 is 245 Å². The normalized spacial score (nSPS) is 21.8. The quantitative estimate of drug-likeness (QED) is 0.0294. The Labute approximate surface area is 386 Å². The second kappa shape index (κ2) is 21.9. The minimum absolute atomic E-state index is 0.0818. The van der Waals surface area contributed by atoms with Gasteiger partial charge < -0.3 is 5.11 Å². The van der Waals surface area contributed by atoms with Gasteiger partial charge in [-0.05, 0) is 6.92 Å². The SMILES string of the molecule is [B]P[I-]C/C(=C(\C)C1CC(=O)N(CNCN(CN2C(=O)CC(P([B])I)C2=O)C(=O)C/C(=C(/C)O)P([B])I)C1=O)C1CC(=O)N(c2ccc(Nc3ccccc3)cc2)C1=O. The number of aliphatic hydroxyl groups is 1. The number of carbonyl (C=O) groups is 7. The molecule has 0 aromatic heterocycles. The van der Waals surface area contributed by atoms with Gasteiger partial charge in [-0.3, -0.25) is 9.59 Å². The van der Waals surface area contributed by atoms with Crippen LogP contribution in [0.1, 0.15) is 39.5 Å². The van der Waals surface area contributed by atoms with E-state index in [0.29, 0.717) is 26.6 Å². The first-order valence-electron chi connectivity index (χ1n) is 18.0. The van der Waals surface area contributed by atoms with Crippen molar-refractivity contribution in [2.45, 2.75) is 45.2 Å². The van der Waals surface area contributed by atoms with E-state index in [1.807, 2.05) is 74.4 Å². The zero-order valence-electron chi connectivity index (χ0n) is 31.9. The number of carbonyl (C=O) groups excluding carboxylic acids is 7. The molecule has 0 bridgehead atoms. The fraction of sp³-hybridized carbons (Fsp3) is 0.361. The molecule has 0 saturated carbocycles. The third-order valence-electron chi connectivity index (χ3n) is 10.1. The van der Waals surface area contributed by atoms with E-state index in [1.54, 1.807) is 31.2 Å². The van der Waals surface area contributed by atoms with Crippen molar-refractivity contribution < 1.29 is 59.3 Å². The van der Waals surface area contributed by atoms with E-state index in [4.69, 9.17) is 22.7 Å². The Bertz CT molecular complexity index is 2050. The van der Waals surface area contributed by atoms with Crippen molar-refractivity contribution in [1.82, 2.24) is 20.0 Å². The number of nitrogens with zero attached hydrogens (tertiary/aromatic N) is 4. The number of nitrogens with one attached hydrogen (secondary N) is 2. The first-order valence-corrected chi connectivity index (χ1v) is 32.2. The molecule has 3 saturated heterocycles. The van der Waals surface area contributed by atoms with Gasteiger partial charge in [-0.1, -0.05) is 73.2 Å². The fourth-order valence-electron chi connectivity index (χ4n) is 6.86.